The molecule has 0 aliphatic rings. The Morgan fingerprint density at radius 3 is 2.70 bits per heavy atom. The lowest BCUT2D eigenvalue weighted by Crippen LogP contribution is -2.09. The molecule has 0 aliphatic heterocycles. The van der Waals surface area contributed by atoms with Gasteiger partial charge in [-0.2, -0.15) is 5.10 Å². The summed E-state index contributed by atoms with van der Waals surface area (Å²) in [5.41, 5.74) is 4.89. The van der Waals surface area contributed by atoms with E-state index in [0.29, 0.717) is 11.6 Å². The fraction of sp³-hybridized carbons (Fsp3) is 0.278. The van der Waals surface area contributed by atoms with Crippen molar-refractivity contribution in [2.45, 2.75) is 26.5 Å². The first-order valence-corrected chi connectivity index (χ1v) is 7.82. The molecule has 1 N–H and O–H groups in total. The lowest BCUT2D eigenvalue weighted by molar-refractivity contribution is 0.242. The van der Waals surface area contributed by atoms with Crippen molar-refractivity contribution in [3.05, 3.63) is 58.6 Å². The zero-order valence-electron chi connectivity index (χ0n) is 13.5. The number of nitrogens with one attached hydrogen (secondary N) is 1. The Balaban J connectivity index is 2.04. The third-order valence-electron chi connectivity index (χ3n) is 3.09. The van der Waals surface area contributed by atoms with E-state index in [4.69, 9.17) is 21.1 Å². The summed E-state index contributed by atoms with van der Waals surface area (Å²) in [5.74, 6) is 1.59. The van der Waals surface area contributed by atoms with Gasteiger partial charge in [-0.05, 0) is 38.1 Å². The van der Waals surface area contributed by atoms with Crippen LogP contribution in [0.1, 0.15) is 25.0 Å². The molecule has 4 nitrogen and oxygen atoms in total. The molecule has 0 amide bonds. The first-order valence-electron chi connectivity index (χ1n) is 7.44. The minimum absolute atomic E-state index is 0.0878. The van der Waals surface area contributed by atoms with Crippen LogP contribution in [0.2, 0.25) is 5.02 Å². The maximum absolute atomic E-state index is 6.05. The summed E-state index contributed by atoms with van der Waals surface area (Å²) >= 11 is 6.05. The van der Waals surface area contributed by atoms with Crippen LogP contribution in [0.25, 0.3) is 0 Å². The van der Waals surface area contributed by atoms with Crippen molar-refractivity contribution < 1.29 is 9.47 Å². The molecule has 0 atom stereocenters. The van der Waals surface area contributed by atoms with Gasteiger partial charge in [-0.15, -0.1) is 0 Å². The molecule has 0 aromatic heterocycles. The molecule has 0 bridgehead atoms. The number of halogens is 1. The monoisotopic (exact) mass is 332 g/mol. The van der Waals surface area contributed by atoms with Crippen LogP contribution in [0.3, 0.4) is 0 Å². The summed E-state index contributed by atoms with van der Waals surface area (Å²) in [6.45, 7) is 4.53. The summed E-state index contributed by atoms with van der Waals surface area (Å²) in [6, 6.07) is 13.3. The van der Waals surface area contributed by atoms with Gasteiger partial charge >= 0.3 is 0 Å². The van der Waals surface area contributed by atoms with E-state index in [1.54, 1.807) is 19.4 Å². The van der Waals surface area contributed by atoms with Crippen LogP contribution >= 0.6 is 11.6 Å². The lowest BCUT2D eigenvalue weighted by Gasteiger charge is -2.12. The van der Waals surface area contributed by atoms with Gasteiger partial charge in [0.1, 0.15) is 11.5 Å². The summed E-state index contributed by atoms with van der Waals surface area (Å²) < 4.78 is 11.1. The maximum Gasteiger partial charge on any atom is 0.128 e. The second-order valence-corrected chi connectivity index (χ2v) is 5.69. The third kappa shape index (κ3) is 5.18. The molecule has 0 heterocycles. The maximum atomic E-state index is 6.05. The van der Waals surface area contributed by atoms with Gasteiger partial charge in [0.15, 0.2) is 0 Å². The van der Waals surface area contributed by atoms with Gasteiger partial charge in [0.25, 0.3) is 0 Å². The number of benzene rings is 2. The second-order valence-electron chi connectivity index (χ2n) is 5.25. The minimum Gasteiger partial charge on any atom is -0.496 e. The molecule has 5 heteroatoms. The van der Waals surface area contributed by atoms with Crippen molar-refractivity contribution in [3.8, 4) is 11.5 Å². The topological polar surface area (TPSA) is 42.8 Å². The van der Waals surface area contributed by atoms with E-state index in [2.05, 4.69) is 10.5 Å². The van der Waals surface area contributed by atoms with E-state index in [9.17, 15) is 0 Å². The number of hydrogen-bond acceptors (Lipinski definition) is 4. The van der Waals surface area contributed by atoms with Gasteiger partial charge < -0.3 is 14.9 Å². The Morgan fingerprint density at radius 2 is 1.96 bits per heavy atom. The number of hydrazone groups is 1. The zero-order valence-corrected chi connectivity index (χ0v) is 14.3. The molecule has 2 aromatic carbocycles. The van der Waals surface area contributed by atoms with Gasteiger partial charge in [-0.25, -0.2) is 0 Å². The van der Waals surface area contributed by atoms with Crippen molar-refractivity contribution in [2.75, 3.05) is 7.11 Å². The number of methoxy groups -OCH3 is 1. The van der Waals surface area contributed by atoms with Crippen molar-refractivity contribution in [2.24, 2.45) is 5.10 Å². The Labute approximate surface area is 142 Å². The molecule has 0 radical (unpaired) electrons. The number of nitrogens with zero attached hydrogens (tertiary/aromatic N) is 1. The molecule has 2 aromatic rings. The Morgan fingerprint density at radius 1 is 1.17 bits per heavy atom. The van der Waals surface area contributed by atoms with Crippen molar-refractivity contribution in [3.63, 3.8) is 0 Å². The van der Waals surface area contributed by atoms with Crippen LogP contribution in [-0.4, -0.2) is 19.4 Å². The van der Waals surface area contributed by atoms with E-state index in [-0.39, 0.29) is 6.10 Å². The van der Waals surface area contributed by atoms with Crippen LogP contribution in [0.15, 0.2) is 47.6 Å². The quantitative estimate of drug-likeness (QED) is 0.608. The molecular formula is C18H21ClN2O2. The fourth-order valence-corrected chi connectivity index (χ4v) is 2.26. The highest BCUT2D eigenvalue weighted by molar-refractivity contribution is 6.30. The Hall–Kier alpha value is -2.20. The SMILES string of the molecule is COc1ccccc1CN/N=C\c1cc(Cl)ccc1OC(C)C. The van der Waals surface area contributed by atoms with Crippen LogP contribution < -0.4 is 14.9 Å². The Bertz CT molecular complexity index is 672. The second kappa shape index (κ2) is 8.44. The molecule has 0 saturated heterocycles. The number of para-hydroxylation sites is 1. The standard InChI is InChI=1S/C18H21ClN2O2/c1-13(2)23-18-9-8-16(19)10-15(18)12-21-20-11-14-6-4-5-7-17(14)22-3/h4-10,12-13,20H,11H2,1-3H3/b21-12-. The van der Waals surface area contributed by atoms with Crippen molar-refractivity contribution >= 4 is 17.8 Å². The van der Waals surface area contributed by atoms with Crippen LogP contribution in [0.5, 0.6) is 11.5 Å². The first kappa shape index (κ1) is 17.2. The number of ether oxygens (including phenoxy) is 2. The van der Waals surface area contributed by atoms with Gasteiger partial charge in [0.2, 0.25) is 0 Å². The predicted octanol–water partition coefficient (Wildman–Crippen LogP) is 4.26. The van der Waals surface area contributed by atoms with Gasteiger partial charge in [-0.3, -0.25) is 0 Å². The summed E-state index contributed by atoms with van der Waals surface area (Å²) in [7, 11) is 1.66. The Kier molecular flexibility index (Phi) is 6.29. The average Bonchev–Trinajstić information content (AvgIpc) is 2.54. The van der Waals surface area contributed by atoms with Gasteiger partial charge in [0.05, 0.1) is 26.0 Å². The summed E-state index contributed by atoms with van der Waals surface area (Å²) in [5, 5.41) is 4.90. The normalized spacial score (nSPS) is 11.0. The van der Waals surface area contributed by atoms with Crippen LogP contribution in [-0.2, 0) is 6.54 Å². The molecule has 122 valence electrons. The molecule has 0 fully saturated rings. The van der Waals surface area contributed by atoms with Crippen LogP contribution in [0.4, 0.5) is 0 Å². The molecule has 0 saturated carbocycles. The van der Waals surface area contributed by atoms with Crippen molar-refractivity contribution in [1.82, 2.24) is 5.43 Å². The molecule has 2 rings (SSSR count). The zero-order chi connectivity index (χ0) is 16.7. The van der Waals surface area contributed by atoms with E-state index in [1.807, 2.05) is 50.2 Å². The summed E-state index contributed by atoms with van der Waals surface area (Å²) in [4.78, 5) is 0. The smallest absolute Gasteiger partial charge is 0.128 e. The average molecular weight is 333 g/mol. The van der Waals surface area contributed by atoms with Gasteiger partial charge in [0, 0.05) is 16.1 Å². The first-order chi connectivity index (χ1) is 11.1. The molecule has 0 spiro atoms. The lowest BCUT2D eigenvalue weighted by atomic mass is 10.2. The summed E-state index contributed by atoms with van der Waals surface area (Å²) in [6.07, 6.45) is 1.80. The highest BCUT2D eigenvalue weighted by atomic mass is 35.5. The highest BCUT2D eigenvalue weighted by Crippen LogP contribution is 2.22. The predicted molar refractivity (Wildman–Crippen MR) is 94.6 cm³/mol. The number of hydrogen-bond donors (Lipinski definition) is 1. The van der Waals surface area contributed by atoms with E-state index in [0.717, 1.165) is 22.6 Å². The molecule has 0 unspecified atom stereocenters. The van der Waals surface area contributed by atoms with Crippen molar-refractivity contribution in [1.29, 1.82) is 0 Å². The van der Waals surface area contributed by atoms with Gasteiger partial charge in [-0.1, -0.05) is 29.8 Å². The van der Waals surface area contributed by atoms with E-state index < -0.39 is 0 Å². The minimum atomic E-state index is 0.0878. The molecular weight excluding hydrogens is 312 g/mol. The molecule has 23 heavy (non-hydrogen) atoms. The largest absolute Gasteiger partial charge is 0.496 e. The third-order valence-corrected chi connectivity index (χ3v) is 3.33. The van der Waals surface area contributed by atoms with E-state index in [1.165, 1.54) is 0 Å². The number of rotatable bonds is 7. The highest BCUT2D eigenvalue weighted by Gasteiger charge is 2.05. The van der Waals surface area contributed by atoms with Crippen LogP contribution in [0, 0.1) is 0 Å². The van der Waals surface area contributed by atoms with E-state index >= 15 is 0 Å². The fourth-order valence-electron chi connectivity index (χ4n) is 2.08. The molecule has 0 aliphatic carbocycles.